The highest BCUT2D eigenvalue weighted by Crippen LogP contribution is 2.41. The molecule has 2 heterocycles. The number of furan rings is 1. The van der Waals surface area contributed by atoms with Gasteiger partial charge in [0.15, 0.2) is 11.5 Å². The van der Waals surface area contributed by atoms with E-state index in [0.717, 1.165) is 11.3 Å². The lowest BCUT2D eigenvalue weighted by molar-refractivity contribution is -0.140. The third-order valence-electron chi connectivity index (χ3n) is 2.89. The van der Waals surface area contributed by atoms with Gasteiger partial charge in [0, 0.05) is 5.56 Å². The minimum atomic E-state index is -4.67. The van der Waals surface area contributed by atoms with Crippen molar-refractivity contribution in [3.63, 3.8) is 0 Å². The first kappa shape index (κ1) is 15.3. The highest BCUT2D eigenvalue weighted by atomic mass is 32.1. The van der Waals surface area contributed by atoms with Gasteiger partial charge in [0.05, 0.1) is 6.26 Å². The molecule has 0 aliphatic rings. The molecule has 3 rings (SSSR count). The number of aromatic nitrogens is 1. The topological polar surface area (TPSA) is 55.1 Å². The Morgan fingerprint density at radius 2 is 1.87 bits per heavy atom. The van der Waals surface area contributed by atoms with Crippen molar-refractivity contribution in [3.8, 4) is 10.6 Å². The molecule has 4 nitrogen and oxygen atoms in total. The summed E-state index contributed by atoms with van der Waals surface area (Å²) in [6.07, 6.45) is -3.41. The number of anilines is 1. The van der Waals surface area contributed by atoms with E-state index in [1.165, 1.54) is 18.4 Å². The van der Waals surface area contributed by atoms with Gasteiger partial charge in [0.25, 0.3) is 5.91 Å². The summed E-state index contributed by atoms with van der Waals surface area (Å²) in [5.74, 6) is -0.837. The van der Waals surface area contributed by atoms with Crippen molar-refractivity contribution in [1.29, 1.82) is 0 Å². The first-order valence-electron chi connectivity index (χ1n) is 6.43. The van der Waals surface area contributed by atoms with Crippen LogP contribution < -0.4 is 5.32 Å². The summed E-state index contributed by atoms with van der Waals surface area (Å²) < 4.78 is 44.3. The smallest absolute Gasteiger partial charge is 0.436 e. The normalized spacial score (nSPS) is 11.4. The van der Waals surface area contributed by atoms with E-state index < -0.39 is 17.8 Å². The number of halogens is 3. The average molecular weight is 338 g/mol. The number of carbonyl (C=O) groups excluding carboxylic acids is 1. The van der Waals surface area contributed by atoms with Crippen LogP contribution in [0.4, 0.5) is 18.2 Å². The van der Waals surface area contributed by atoms with Gasteiger partial charge in [-0.25, -0.2) is 4.98 Å². The van der Waals surface area contributed by atoms with Crippen LogP contribution in [0.1, 0.15) is 16.2 Å². The number of rotatable bonds is 3. The van der Waals surface area contributed by atoms with E-state index in [2.05, 4.69) is 10.3 Å². The second-order valence-electron chi connectivity index (χ2n) is 4.49. The molecule has 1 amide bonds. The second-order valence-corrected chi connectivity index (χ2v) is 5.49. The molecule has 0 saturated heterocycles. The SMILES string of the molecule is O=C(Nc1sc(-c2ccccc2)nc1C(F)(F)F)c1ccco1. The van der Waals surface area contributed by atoms with Crippen LogP contribution >= 0.6 is 11.3 Å². The molecule has 0 atom stereocenters. The summed E-state index contributed by atoms with van der Waals surface area (Å²) >= 11 is 0.760. The maximum absolute atomic E-state index is 13.1. The quantitative estimate of drug-likeness (QED) is 0.755. The number of thiazole rings is 1. The number of amides is 1. The molecule has 23 heavy (non-hydrogen) atoms. The molecule has 2 aromatic heterocycles. The molecule has 0 saturated carbocycles. The molecule has 0 spiro atoms. The maximum Gasteiger partial charge on any atom is 0.436 e. The molecule has 0 aliphatic heterocycles. The Bertz CT molecular complexity index is 811. The summed E-state index contributed by atoms with van der Waals surface area (Å²) in [6, 6.07) is 11.3. The first-order chi connectivity index (χ1) is 10.9. The van der Waals surface area contributed by atoms with Crippen LogP contribution in [-0.2, 0) is 6.18 Å². The van der Waals surface area contributed by atoms with Crippen molar-refractivity contribution in [2.45, 2.75) is 6.18 Å². The van der Waals surface area contributed by atoms with Crippen LogP contribution in [0.25, 0.3) is 10.6 Å². The minimum absolute atomic E-state index is 0.0761. The van der Waals surface area contributed by atoms with Gasteiger partial charge in [0.1, 0.15) is 10.0 Å². The number of hydrogen-bond acceptors (Lipinski definition) is 4. The molecule has 3 aromatic rings. The Hall–Kier alpha value is -2.61. The van der Waals surface area contributed by atoms with E-state index in [9.17, 15) is 18.0 Å². The molecule has 1 aromatic carbocycles. The van der Waals surface area contributed by atoms with E-state index in [-0.39, 0.29) is 15.8 Å². The Balaban J connectivity index is 1.98. The van der Waals surface area contributed by atoms with E-state index >= 15 is 0 Å². The van der Waals surface area contributed by atoms with Gasteiger partial charge in [-0.15, -0.1) is 0 Å². The predicted molar refractivity (Wildman–Crippen MR) is 79.2 cm³/mol. The van der Waals surface area contributed by atoms with Crippen molar-refractivity contribution in [2.24, 2.45) is 0 Å². The third-order valence-corrected chi connectivity index (χ3v) is 3.91. The molecule has 0 bridgehead atoms. The van der Waals surface area contributed by atoms with Crippen LogP contribution in [0.2, 0.25) is 0 Å². The summed E-state index contributed by atoms with van der Waals surface area (Å²) in [5.41, 5.74) is -0.581. The van der Waals surface area contributed by atoms with Gasteiger partial charge in [-0.05, 0) is 12.1 Å². The van der Waals surface area contributed by atoms with Crippen LogP contribution in [0.3, 0.4) is 0 Å². The molecule has 1 N–H and O–H groups in total. The molecular weight excluding hydrogens is 329 g/mol. The molecule has 0 fully saturated rings. The van der Waals surface area contributed by atoms with Crippen molar-refractivity contribution < 1.29 is 22.4 Å². The van der Waals surface area contributed by atoms with Gasteiger partial charge >= 0.3 is 6.18 Å². The van der Waals surface area contributed by atoms with Crippen LogP contribution in [-0.4, -0.2) is 10.9 Å². The molecule has 0 aliphatic carbocycles. The van der Waals surface area contributed by atoms with Gasteiger partial charge < -0.3 is 9.73 Å². The fraction of sp³-hybridized carbons (Fsp3) is 0.0667. The number of hydrogen-bond donors (Lipinski definition) is 1. The van der Waals surface area contributed by atoms with Crippen molar-refractivity contribution >= 4 is 22.2 Å². The fourth-order valence-electron chi connectivity index (χ4n) is 1.87. The van der Waals surface area contributed by atoms with Gasteiger partial charge in [-0.3, -0.25) is 4.79 Å². The van der Waals surface area contributed by atoms with Crippen molar-refractivity contribution in [3.05, 3.63) is 60.2 Å². The number of alkyl halides is 3. The van der Waals surface area contributed by atoms with Crippen LogP contribution in [0.15, 0.2) is 53.1 Å². The summed E-state index contributed by atoms with van der Waals surface area (Å²) in [7, 11) is 0. The largest absolute Gasteiger partial charge is 0.459 e. The Morgan fingerprint density at radius 1 is 1.13 bits per heavy atom. The minimum Gasteiger partial charge on any atom is -0.459 e. The summed E-state index contributed by atoms with van der Waals surface area (Å²) in [4.78, 5) is 15.5. The van der Waals surface area contributed by atoms with E-state index in [4.69, 9.17) is 4.42 Å². The highest BCUT2D eigenvalue weighted by molar-refractivity contribution is 7.19. The lowest BCUT2D eigenvalue weighted by atomic mass is 10.2. The molecule has 0 radical (unpaired) electrons. The lowest BCUT2D eigenvalue weighted by Gasteiger charge is -2.06. The monoisotopic (exact) mass is 338 g/mol. The molecule has 0 unspecified atom stereocenters. The van der Waals surface area contributed by atoms with Crippen LogP contribution in [0, 0.1) is 0 Å². The Labute approximate surface area is 132 Å². The lowest BCUT2D eigenvalue weighted by Crippen LogP contribution is -2.15. The Kier molecular flexibility index (Phi) is 3.91. The second kappa shape index (κ2) is 5.88. The number of nitrogens with one attached hydrogen (secondary N) is 1. The van der Waals surface area contributed by atoms with E-state index in [0.29, 0.717) is 5.56 Å². The van der Waals surface area contributed by atoms with Gasteiger partial charge in [-0.2, -0.15) is 13.2 Å². The van der Waals surface area contributed by atoms with Crippen LogP contribution in [0.5, 0.6) is 0 Å². The molecule has 118 valence electrons. The third kappa shape index (κ3) is 3.26. The molecule has 8 heteroatoms. The summed E-state index contributed by atoms with van der Waals surface area (Å²) in [5, 5.41) is 2.02. The standard InChI is InChI=1S/C15H9F3N2O2S/c16-15(17,18)11-14(20-12(21)10-7-4-8-22-10)23-13(19-11)9-5-2-1-3-6-9/h1-8H,(H,20,21). The van der Waals surface area contributed by atoms with E-state index in [1.54, 1.807) is 30.3 Å². The van der Waals surface area contributed by atoms with Crippen molar-refractivity contribution in [1.82, 2.24) is 4.98 Å². The Morgan fingerprint density at radius 3 is 2.48 bits per heavy atom. The summed E-state index contributed by atoms with van der Waals surface area (Å²) in [6.45, 7) is 0. The van der Waals surface area contributed by atoms with Gasteiger partial charge in [-0.1, -0.05) is 41.7 Å². The maximum atomic E-state index is 13.1. The van der Waals surface area contributed by atoms with Gasteiger partial charge in [0.2, 0.25) is 0 Å². The average Bonchev–Trinajstić information content (AvgIpc) is 3.17. The predicted octanol–water partition coefficient (Wildman–Crippen LogP) is 4.67. The van der Waals surface area contributed by atoms with Crippen molar-refractivity contribution in [2.75, 3.05) is 5.32 Å². The number of nitrogens with zero attached hydrogens (tertiary/aromatic N) is 1. The zero-order valence-corrected chi connectivity index (χ0v) is 12.2. The first-order valence-corrected chi connectivity index (χ1v) is 7.25. The number of carbonyl (C=O) groups is 1. The fourth-order valence-corrected chi connectivity index (χ4v) is 2.86. The zero-order chi connectivity index (χ0) is 16.4. The van der Waals surface area contributed by atoms with E-state index in [1.807, 2.05) is 0 Å². The molecular formula is C15H9F3N2O2S. The number of benzene rings is 1. The highest BCUT2D eigenvalue weighted by Gasteiger charge is 2.38. The zero-order valence-electron chi connectivity index (χ0n) is 11.4.